The molecule has 0 unspecified atom stereocenters. The van der Waals surface area contributed by atoms with Gasteiger partial charge in [-0.05, 0) is 55.5 Å². The average Bonchev–Trinajstić information content (AvgIpc) is 2.47. The highest BCUT2D eigenvalue weighted by Crippen LogP contribution is 2.30. The molecule has 1 aromatic heterocycles. The lowest BCUT2D eigenvalue weighted by Crippen LogP contribution is -1.98. The van der Waals surface area contributed by atoms with Crippen molar-refractivity contribution in [2.45, 2.75) is 40.0 Å². The maximum atomic E-state index is 6.04. The summed E-state index contributed by atoms with van der Waals surface area (Å²) in [7, 11) is 0. The van der Waals surface area contributed by atoms with Crippen molar-refractivity contribution in [2.75, 3.05) is 0 Å². The number of hydrogen-bond donors (Lipinski definition) is 0. The van der Waals surface area contributed by atoms with Crippen LogP contribution in [-0.4, -0.2) is 4.98 Å². The van der Waals surface area contributed by atoms with Gasteiger partial charge in [-0.2, -0.15) is 0 Å². The van der Waals surface area contributed by atoms with E-state index in [2.05, 4.69) is 37.9 Å². The van der Waals surface area contributed by atoms with Crippen molar-refractivity contribution in [3.05, 3.63) is 52.2 Å². The first-order valence-electron chi connectivity index (χ1n) is 6.85. The summed E-state index contributed by atoms with van der Waals surface area (Å²) in [6.45, 7) is 8.28. The predicted octanol–water partition coefficient (Wildman–Crippen LogP) is 5.10. The molecule has 20 heavy (non-hydrogen) atoms. The van der Waals surface area contributed by atoms with Crippen LogP contribution in [0.2, 0.25) is 0 Å². The first-order valence-corrected chi connectivity index (χ1v) is 7.39. The van der Waals surface area contributed by atoms with Crippen LogP contribution in [0.1, 0.15) is 34.9 Å². The predicted molar refractivity (Wildman–Crippen MR) is 83.9 cm³/mol. The van der Waals surface area contributed by atoms with Crippen molar-refractivity contribution in [1.29, 1.82) is 0 Å². The second-order valence-electron chi connectivity index (χ2n) is 5.05. The SMILES string of the molecule is CCc1cc(CCl)cc(Oc2c(C)ccc(C)c2C)n1. The molecule has 0 amide bonds. The Morgan fingerprint density at radius 1 is 1.10 bits per heavy atom. The summed E-state index contributed by atoms with van der Waals surface area (Å²) in [5.74, 6) is 1.99. The van der Waals surface area contributed by atoms with Gasteiger partial charge >= 0.3 is 0 Å². The number of hydrogen-bond acceptors (Lipinski definition) is 2. The van der Waals surface area contributed by atoms with Crippen molar-refractivity contribution in [3.63, 3.8) is 0 Å². The normalized spacial score (nSPS) is 10.7. The molecule has 106 valence electrons. The van der Waals surface area contributed by atoms with Gasteiger partial charge in [-0.1, -0.05) is 19.1 Å². The van der Waals surface area contributed by atoms with Gasteiger partial charge in [-0.25, -0.2) is 4.98 Å². The molecule has 0 atom stereocenters. The molecule has 2 nitrogen and oxygen atoms in total. The lowest BCUT2D eigenvalue weighted by Gasteiger charge is -2.14. The van der Waals surface area contributed by atoms with Gasteiger partial charge in [0, 0.05) is 17.6 Å². The van der Waals surface area contributed by atoms with Gasteiger partial charge in [0.15, 0.2) is 0 Å². The lowest BCUT2D eigenvalue weighted by atomic mass is 10.1. The fraction of sp³-hybridized carbons (Fsp3) is 0.353. The molecule has 1 aromatic carbocycles. The second-order valence-corrected chi connectivity index (χ2v) is 5.31. The molecule has 0 bridgehead atoms. The maximum Gasteiger partial charge on any atom is 0.219 e. The largest absolute Gasteiger partial charge is 0.438 e. The number of aromatic nitrogens is 1. The number of nitrogens with zero attached hydrogens (tertiary/aromatic N) is 1. The Bertz CT molecular complexity index is 600. The highest BCUT2D eigenvalue weighted by atomic mass is 35.5. The van der Waals surface area contributed by atoms with Gasteiger partial charge in [-0.15, -0.1) is 11.6 Å². The molecule has 0 aliphatic rings. The molecule has 0 radical (unpaired) electrons. The zero-order valence-corrected chi connectivity index (χ0v) is 13.2. The van der Waals surface area contributed by atoms with Crippen molar-refractivity contribution in [1.82, 2.24) is 4.98 Å². The number of aryl methyl sites for hydroxylation is 3. The van der Waals surface area contributed by atoms with Crippen LogP contribution in [0.4, 0.5) is 0 Å². The summed E-state index contributed by atoms with van der Waals surface area (Å²) in [4.78, 5) is 4.53. The summed E-state index contributed by atoms with van der Waals surface area (Å²) in [5, 5.41) is 0. The van der Waals surface area contributed by atoms with E-state index in [-0.39, 0.29) is 0 Å². The number of ether oxygens (including phenoxy) is 1. The number of pyridine rings is 1. The van der Waals surface area contributed by atoms with Crippen LogP contribution in [0.25, 0.3) is 0 Å². The Kier molecular flexibility index (Phi) is 4.66. The van der Waals surface area contributed by atoms with Crippen LogP contribution >= 0.6 is 11.6 Å². The van der Waals surface area contributed by atoms with Crippen LogP contribution in [0.3, 0.4) is 0 Å². The average molecular weight is 290 g/mol. The van der Waals surface area contributed by atoms with Gasteiger partial charge in [0.1, 0.15) is 5.75 Å². The Morgan fingerprint density at radius 3 is 2.45 bits per heavy atom. The quantitative estimate of drug-likeness (QED) is 0.731. The number of rotatable bonds is 4. The molecule has 0 N–H and O–H groups in total. The van der Waals surface area contributed by atoms with E-state index in [0.29, 0.717) is 11.8 Å². The van der Waals surface area contributed by atoms with E-state index >= 15 is 0 Å². The Labute approximate surface area is 125 Å². The third kappa shape index (κ3) is 3.13. The first-order chi connectivity index (χ1) is 9.55. The molecular formula is C17H20ClNO. The molecule has 2 rings (SSSR count). The van der Waals surface area contributed by atoms with Crippen LogP contribution in [-0.2, 0) is 12.3 Å². The van der Waals surface area contributed by atoms with E-state index in [1.54, 1.807) is 0 Å². The summed E-state index contributed by atoms with van der Waals surface area (Å²) in [6, 6.07) is 8.12. The maximum absolute atomic E-state index is 6.04. The van der Waals surface area contributed by atoms with E-state index in [9.17, 15) is 0 Å². The molecule has 0 aliphatic heterocycles. The molecule has 2 aromatic rings. The van der Waals surface area contributed by atoms with Crippen molar-refractivity contribution >= 4 is 11.6 Å². The van der Waals surface area contributed by atoms with Crippen LogP contribution < -0.4 is 4.74 Å². The monoisotopic (exact) mass is 289 g/mol. The van der Waals surface area contributed by atoms with Gasteiger partial charge in [0.05, 0.1) is 0 Å². The highest BCUT2D eigenvalue weighted by Gasteiger charge is 2.10. The fourth-order valence-electron chi connectivity index (χ4n) is 2.12. The third-order valence-corrected chi connectivity index (χ3v) is 3.82. The van der Waals surface area contributed by atoms with Crippen molar-refractivity contribution in [3.8, 4) is 11.6 Å². The van der Waals surface area contributed by atoms with Crippen LogP contribution in [0.15, 0.2) is 24.3 Å². The van der Waals surface area contributed by atoms with Crippen LogP contribution in [0, 0.1) is 20.8 Å². The molecule has 3 heteroatoms. The standard InChI is InChI=1S/C17H20ClNO/c1-5-15-8-14(10-18)9-16(19-15)20-17-12(3)7-6-11(2)13(17)4/h6-9H,5,10H2,1-4H3. The van der Waals surface area contributed by atoms with E-state index in [4.69, 9.17) is 16.3 Å². The molecule has 0 fully saturated rings. The molecule has 0 aliphatic carbocycles. The molecule has 0 spiro atoms. The highest BCUT2D eigenvalue weighted by molar-refractivity contribution is 6.17. The summed E-state index contributed by atoms with van der Waals surface area (Å²) in [5.41, 5.74) is 5.53. The zero-order chi connectivity index (χ0) is 14.7. The van der Waals surface area contributed by atoms with E-state index in [0.717, 1.165) is 34.6 Å². The van der Waals surface area contributed by atoms with E-state index < -0.39 is 0 Å². The minimum atomic E-state index is 0.470. The van der Waals surface area contributed by atoms with Crippen molar-refractivity contribution in [2.24, 2.45) is 0 Å². The third-order valence-electron chi connectivity index (χ3n) is 3.51. The van der Waals surface area contributed by atoms with E-state index in [1.807, 2.05) is 19.1 Å². The Hall–Kier alpha value is -1.54. The van der Waals surface area contributed by atoms with Gasteiger partial charge in [-0.3, -0.25) is 0 Å². The summed E-state index contributed by atoms with van der Waals surface area (Å²) < 4.78 is 6.04. The number of halogens is 1. The number of alkyl halides is 1. The minimum absolute atomic E-state index is 0.470. The summed E-state index contributed by atoms with van der Waals surface area (Å²) >= 11 is 5.94. The lowest BCUT2D eigenvalue weighted by molar-refractivity contribution is 0.453. The van der Waals surface area contributed by atoms with Gasteiger partial charge in [0.25, 0.3) is 0 Å². The number of benzene rings is 1. The molecule has 0 saturated carbocycles. The van der Waals surface area contributed by atoms with Gasteiger partial charge in [0.2, 0.25) is 5.88 Å². The van der Waals surface area contributed by atoms with E-state index in [1.165, 1.54) is 5.56 Å². The Morgan fingerprint density at radius 2 is 1.80 bits per heavy atom. The molecule has 0 saturated heterocycles. The fourth-order valence-corrected chi connectivity index (χ4v) is 2.27. The van der Waals surface area contributed by atoms with Crippen LogP contribution in [0.5, 0.6) is 11.6 Å². The summed E-state index contributed by atoms with van der Waals surface area (Å²) in [6.07, 6.45) is 0.868. The second kappa shape index (κ2) is 6.27. The van der Waals surface area contributed by atoms with Crippen molar-refractivity contribution < 1.29 is 4.74 Å². The van der Waals surface area contributed by atoms with Gasteiger partial charge < -0.3 is 4.74 Å². The minimum Gasteiger partial charge on any atom is -0.438 e. The first kappa shape index (κ1) is 14.9. The molecule has 1 heterocycles. The Balaban J connectivity index is 2.42. The topological polar surface area (TPSA) is 22.1 Å². The zero-order valence-electron chi connectivity index (χ0n) is 12.5. The molecular weight excluding hydrogens is 270 g/mol. The smallest absolute Gasteiger partial charge is 0.219 e.